The van der Waals surface area contributed by atoms with Gasteiger partial charge in [-0.05, 0) is 47.5 Å². The first kappa shape index (κ1) is 26.1. The standard InChI is InChI=1S/C30H32N8/c1-37(2)25-17-13-23(14-18-25)9-7-21-31-33-29-27-11-5-6-12-28(27)30(36-35-29)34-32-22-8-10-24-15-19-26(20-16-24)38(3)4/h5-22H,1-4H3,(H,33,35)(H,34,36)/b9-7-,10-8+,31-21+,32-22-. The van der Waals surface area contributed by atoms with Crippen LogP contribution in [0.1, 0.15) is 11.1 Å². The summed E-state index contributed by atoms with van der Waals surface area (Å²) in [5.74, 6) is 1.13. The number of hydrogen-bond donors (Lipinski definition) is 2. The van der Waals surface area contributed by atoms with Gasteiger partial charge in [0, 0.05) is 62.8 Å². The number of hydrogen-bond acceptors (Lipinski definition) is 8. The Morgan fingerprint density at radius 3 is 1.34 bits per heavy atom. The highest BCUT2D eigenvalue weighted by Gasteiger charge is 2.07. The molecular weight excluding hydrogens is 472 g/mol. The van der Waals surface area contributed by atoms with Gasteiger partial charge in [0.2, 0.25) is 0 Å². The van der Waals surface area contributed by atoms with Crippen molar-refractivity contribution < 1.29 is 0 Å². The number of nitrogens with zero attached hydrogens (tertiary/aromatic N) is 6. The second kappa shape index (κ2) is 12.8. The molecule has 4 rings (SSSR count). The number of rotatable bonds is 10. The predicted molar refractivity (Wildman–Crippen MR) is 163 cm³/mol. The molecule has 0 atom stereocenters. The van der Waals surface area contributed by atoms with E-state index < -0.39 is 0 Å². The summed E-state index contributed by atoms with van der Waals surface area (Å²) < 4.78 is 0. The van der Waals surface area contributed by atoms with E-state index in [1.807, 2.05) is 76.8 Å². The second-order valence-corrected chi connectivity index (χ2v) is 8.91. The number of nitrogens with one attached hydrogen (secondary N) is 2. The van der Waals surface area contributed by atoms with Crippen molar-refractivity contribution in [2.75, 3.05) is 48.8 Å². The lowest BCUT2D eigenvalue weighted by Gasteiger charge is -2.11. The van der Waals surface area contributed by atoms with Crippen molar-refractivity contribution in [1.82, 2.24) is 10.2 Å². The molecule has 192 valence electrons. The number of benzene rings is 3. The van der Waals surface area contributed by atoms with Crippen LogP contribution >= 0.6 is 0 Å². The number of hydrazone groups is 2. The average Bonchev–Trinajstić information content (AvgIpc) is 2.94. The van der Waals surface area contributed by atoms with E-state index in [1.165, 1.54) is 0 Å². The molecule has 38 heavy (non-hydrogen) atoms. The first-order chi connectivity index (χ1) is 18.5. The molecule has 0 bridgehead atoms. The van der Waals surface area contributed by atoms with E-state index in [1.54, 1.807) is 12.4 Å². The molecule has 8 heteroatoms. The van der Waals surface area contributed by atoms with Crippen LogP contribution in [0, 0.1) is 0 Å². The quantitative estimate of drug-likeness (QED) is 0.204. The molecule has 0 aliphatic rings. The first-order valence-corrected chi connectivity index (χ1v) is 12.2. The van der Waals surface area contributed by atoms with Crippen LogP contribution in [0.2, 0.25) is 0 Å². The second-order valence-electron chi connectivity index (χ2n) is 8.91. The lowest BCUT2D eigenvalue weighted by atomic mass is 10.2. The number of anilines is 4. The maximum atomic E-state index is 4.30. The van der Waals surface area contributed by atoms with Gasteiger partial charge < -0.3 is 9.80 Å². The van der Waals surface area contributed by atoms with E-state index in [-0.39, 0.29) is 0 Å². The molecule has 1 heterocycles. The van der Waals surface area contributed by atoms with Gasteiger partial charge in [-0.15, -0.1) is 10.2 Å². The minimum atomic E-state index is 0.566. The molecule has 0 spiro atoms. The Kier molecular flexibility index (Phi) is 8.80. The smallest absolute Gasteiger partial charge is 0.176 e. The van der Waals surface area contributed by atoms with Crippen LogP contribution in [0.4, 0.5) is 23.0 Å². The Morgan fingerprint density at radius 2 is 0.974 bits per heavy atom. The molecule has 0 saturated heterocycles. The number of allylic oxidation sites excluding steroid dienone is 2. The largest absolute Gasteiger partial charge is 0.378 e. The third-order valence-electron chi connectivity index (χ3n) is 5.75. The Labute approximate surface area is 223 Å². The fraction of sp³-hybridized carbons (Fsp3) is 0.133. The Bertz CT molecular complexity index is 1340. The third-order valence-corrected chi connectivity index (χ3v) is 5.75. The highest BCUT2D eigenvalue weighted by Crippen LogP contribution is 2.25. The summed E-state index contributed by atoms with van der Waals surface area (Å²) in [7, 11) is 8.10. The monoisotopic (exact) mass is 504 g/mol. The number of fused-ring (bicyclic) bond motifs is 1. The van der Waals surface area contributed by atoms with Gasteiger partial charge in [-0.1, -0.05) is 60.7 Å². The molecule has 0 aliphatic heterocycles. The van der Waals surface area contributed by atoms with Gasteiger partial charge in [0.15, 0.2) is 11.6 Å². The van der Waals surface area contributed by atoms with Crippen LogP contribution in [-0.2, 0) is 0 Å². The van der Waals surface area contributed by atoms with Crippen LogP contribution in [0.15, 0.2) is 95.2 Å². The summed E-state index contributed by atoms with van der Waals surface area (Å²) in [5.41, 5.74) is 10.5. The van der Waals surface area contributed by atoms with Crippen molar-refractivity contribution in [2.45, 2.75) is 0 Å². The van der Waals surface area contributed by atoms with Crippen molar-refractivity contribution in [2.24, 2.45) is 10.2 Å². The molecule has 0 saturated carbocycles. The van der Waals surface area contributed by atoms with Gasteiger partial charge in [-0.25, -0.2) is 0 Å². The summed E-state index contributed by atoms with van der Waals surface area (Å²) in [4.78, 5) is 4.14. The van der Waals surface area contributed by atoms with Crippen molar-refractivity contribution in [1.29, 1.82) is 0 Å². The summed E-state index contributed by atoms with van der Waals surface area (Å²) in [6, 6.07) is 24.4. The molecule has 0 aliphatic carbocycles. The maximum absolute atomic E-state index is 4.30. The van der Waals surface area contributed by atoms with E-state index in [0.29, 0.717) is 11.6 Å². The highest BCUT2D eigenvalue weighted by atomic mass is 15.4. The molecule has 4 aromatic rings. The van der Waals surface area contributed by atoms with Crippen LogP contribution in [0.25, 0.3) is 22.9 Å². The zero-order valence-corrected chi connectivity index (χ0v) is 22.1. The van der Waals surface area contributed by atoms with Gasteiger partial charge in [-0.3, -0.25) is 10.9 Å². The molecule has 0 fully saturated rings. The zero-order valence-electron chi connectivity index (χ0n) is 22.1. The Hall–Kier alpha value is -4.98. The minimum Gasteiger partial charge on any atom is -0.378 e. The zero-order chi connectivity index (χ0) is 26.7. The van der Waals surface area contributed by atoms with E-state index in [2.05, 4.69) is 89.6 Å². The van der Waals surface area contributed by atoms with Crippen molar-refractivity contribution >= 4 is 58.4 Å². The summed E-state index contributed by atoms with van der Waals surface area (Å²) >= 11 is 0. The first-order valence-electron chi connectivity index (χ1n) is 12.2. The molecule has 0 radical (unpaired) electrons. The Morgan fingerprint density at radius 1 is 0.579 bits per heavy atom. The van der Waals surface area contributed by atoms with Crippen molar-refractivity contribution in [3.8, 4) is 0 Å². The maximum Gasteiger partial charge on any atom is 0.176 e. The van der Waals surface area contributed by atoms with E-state index >= 15 is 0 Å². The van der Waals surface area contributed by atoms with E-state index in [0.717, 1.165) is 33.3 Å². The lowest BCUT2D eigenvalue weighted by Crippen LogP contribution is -2.07. The SMILES string of the molecule is CN(C)c1ccc(/C=C\C=N\Nc2nnc(N/N=C\C=C\c3ccc(N(C)C)cc3)c3ccccc23)cc1. The molecule has 1 aromatic heterocycles. The van der Waals surface area contributed by atoms with Gasteiger partial charge in [-0.2, -0.15) is 10.2 Å². The van der Waals surface area contributed by atoms with Crippen LogP contribution in [0.3, 0.4) is 0 Å². The third kappa shape index (κ3) is 7.04. The molecule has 3 aromatic carbocycles. The molecule has 0 amide bonds. The van der Waals surface area contributed by atoms with Gasteiger partial charge in [0.05, 0.1) is 0 Å². The lowest BCUT2D eigenvalue weighted by molar-refractivity contribution is 1.03. The Balaban J connectivity index is 1.37. The molecular formula is C30H32N8. The molecule has 8 nitrogen and oxygen atoms in total. The highest BCUT2D eigenvalue weighted by molar-refractivity contribution is 5.98. The average molecular weight is 505 g/mol. The minimum absolute atomic E-state index is 0.566. The molecule has 2 N–H and O–H groups in total. The van der Waals surface area contributed by atoms with Gasteiger partial charge in [0.25, 0.3) is 0 Å². The van der Waals surface area contributed by atoms with Crippen molar-refractivity contribution in [3.05, 3.63) is 96.1 Å². The van der Waals surface area contributed by atoms with Crippen molar-refractivity contribution in [3.63, 3.8) is 0 Å². The predicted octanol–water partition coefficient (Wildman–Crippen LogP) is 5.98. The van der Waals surface area contributed by atoms with Crippen LogP contribution in [-0.4, -0.2) is 50.8 Å². The fourth-order valence-corrected chi connectivity index (χ4v) is 3.63. The van der Waals surface area contributed by atoms with Crippen LogP contribution < -0.4 is 20.7 Å². The van der Waals surface area contributed by atoms with Crippen LogP contribution in [0.5, 0.6) is 0 Å². The van der Waals surface area contributed by atoms with Gasteiger partial charge in [0.1, 0.15) is 0 Å². The van der Waals surface area contributed by atoms with E-state index in [4.69, 9.17) is 0 Å². The fourth-order valence-electron chi connectivity index (χ4n) is 3.63. The summed E-state index contributed by atoms with van der Waals surface area (Å²) in [6.07, 6.45) is 11.1. The van der Waals surface area contributed by atoms with Gasteiger partial charge >= 0.3 is 0 Å². The molecule has 0 unspecified atom stereocenters. The summed E-state index contributed by atoms with van der Waals surface area (Å²) in [6.45, 7) is 0. The summed E-state index contributed by atoms with van der Waals surface area (Å²) in [5, 5.41) is 18.9. The number of aromatic nitrogens is 2. The van der Waals surface area contributed by atoms with E-state index in [9.17, 15) is 0 Å². The normalized spacial score (nSPS) is 11.8. The topological polar surface area (TPSA) is 81.0 Å².